The van der Waals surface area contributed by atoms with Gasteiger partial charge < -0.3 is 66.5 Å². The minimum atomic E-state index is -0.385. The van der Waals surface area contributed by atoms with E-state index in [9.17, 15) is 19.2 Å². The molecule has 0 aliphatic carbocycles. The van der Waals surface area contributed by atoms with Crippen LogP contribution in [0, 0.1) is 15.4 Å². The van der Waals surface area contributed by atoms with Crippen molar-refractivity contribution in [2.45, 2.75) is 176 Å². The summed E-state index contributed by atoms with van der Waals surface area (Å²) in [5.74, 6) is 7.32. The van der Waals surface area contributed by atoms with E-state index in [0.29, 0.717) is 103 Å². The van der Waals surface area contributed by atoms with E-state index < -0.39 is 0 Å². The summed E-state index contributed by atoms with van der Waals surface area (Å²) in [6.07, 6.45) is 14.0. The zero-order chi connectivity index (χ0) is 84.7. The van der Waals surface area contributed by atoms with Crippen LogP contribution in [0.15, 0.2) is 205 Å². The van der Waals surface area contributed by atoms with Crippen molar-refractivity contribution in [2.24, 2.45) is 11.8 Å². The molecule has 19 nitrogen and oxygen atoms in total. The fourth-order valence-electron chi connectivity index (χ4n) is 14.3. The van der Waals surface area contributed by atoms with Gasteiger partial charge in [-0.05, 0) is 238 Å². The summed E-state index contributed by atoms with van der Waals surface area (Å²) in [6.45, 7) is 26.2. The number of esters is 1. The molecule has 0 bridgehead atoms. The second-order valence-electron chi connectivity index (χ2n) is 28.9. The summed E-state index contributed by atoms with van der Waals surface area (Å²) in [5.41, 5.74) is 8.74. The number of ether oxygens (including phenoxy) is 13. The number of Topliss-reactive ketones (excluding diaryl/α,β-unsaturated/α-hetero) is 3. The first-order valence-electron chi connectivity index (χ1n) is 41.3. The van der Waals surface area contributed by atoms with E-state index in [1.165, 1.54) is 26.3 Å². The number of allylic oxidation sites excluding steroid dienone is 4. The Morgan fingerprint density at radius 1 is 0.496 bits per heavy atom. The molecule has 636 valence electrons. The van der Waals surface area contributed by atoms with Crippen LogP contribution in [-0.4, -0.2) is 154 Å². The number of rotatable bonds is 40. The van der Waals surface area contributed by atoms with Crippen molar-refractivity contribution in [3.63, 3.8) is 0 Å². The second-order valence-corrected chi connectivity index (χ2v) is 30.2. The summed E-state index contributed by atoms with van der Waals surface area (Å²) in [6, 6.07) is 56.5. The van der Waals surface area contributed by atoms with Crippen LogP contribution in [0.5, 0.6) is 40.2 Å². The normalized spacial score (nSPS) is 17.6. The topological polar surface area (TPSA) is 195 Å². The Balaban J connectivity index is 0.000000236. The van der Waals surface area contributed by atoms with Gasteiger partial charge in [0.2, 0.25) is 0 Å². The van der Waals surface area contributed by atoms with E-state index in [-0.39, 0.29) is 53.5 Å². The van der Waals surface area contributed by atoms with Crippen molar-refractivity contribution >= 4 is 45.9 Å². The average Bonchev–Trinajstić information content (AvgIpc) is 0.793. The zero-order valence-electron chi connectivity index (χ0n) is 71.9. The van der Waals surface area contributed by atoms with Crippen molar-refractivity contribution in [3.8, 4) is 40.2 Å². The van der Waals surface area contributed by atoms with Gasteiger partial charge in [-0.1, -0.05) is 119 Å². The number of nitrogens with zero attached hydrogens (tertiary/aromatic N) is 2. The van der Waals surface area contributed by atoms with Crippen molar-refractivity contribution in [1.29, 1.82) is 0 Å². The molecule has 117 heavy (non-hydrogen) atoms. The molecular weight excluding hydrogens is 1590 g/mol. The predicted molar refractivity (Wildman–Crippen MR) is 472 cm³/mol. The lowest BCUT2D eigenvalue weighted by molar-refractivity contribution is -0.137. The lowest BCUT2D eigenvalue weighted by Crippen LogP contribution is -2.49. The van der Waals surface area contributed by atoms with Crippen molar-refractivity contribution < 1.29 is 80.8 Å². The number of hydrogen-bond donors (Lipinski definition) is 0. The van der Waals surface area contributed by atoms with Crippen LogP contribution in [0.2, 0.25) is 0 Å². The Labute approximate surface area is 711 Å². The highest BCUT2D eigenvalue weighted by molar-refractivity contribution is 14.1. The third kappa shape index (κ3) is 33.4. The minimum Gasteiger partial charge on any atom is -0.497 e. The van der Waals surface area contributed by atoms with Crippen LogP contribution < -0.4 is 33.2 Å². The van der Waals surface area contributed by atoms with E-state index in [1.807, 2.05) is 137 Å². The molecule has 0 N–H and O–H groups in total. The smallest absolute Gasteiger partial charge is 0.334 e. The molecule has 0 spiro atoms. The quantitative estimate of drug-likeness (QED) is 0.0116. The highest BCUT2D eigenvalue weighted by atomic mass is 127. The molecule has 3 aliphatic rings. The first-order chi connectivity index (χ1) is 56.8. The molecule has 2 fully saturated rings. The highest BCUT2D eigenvalue weighted by Gasteiger charge is 2.41. The van der Waals surface area contributed by atoms with Crippen LogP contribution >= 0.6 is 22.6 Å². The van der Waals surface area contributed by atoms with Gasteiger partial charge in [-0.3, -0.25) is 19.3 Å². The van der Waals surface area contributed by atoms with Gasteiger partial charge in [0.05, 0.1) is 72.5 Å². The zero-order valence-corrected chi connectivity index (χ0v) is 74.1. The number of benzene rings is 7. The molecule has 0 radical (unpaired) electrons. The third-order valence-electron chi connectivity index (χ3n) is 20.4. The first kappa shape index (κ1) is 96.8. The molecule has 10 rings (SSSR count). The van der Waals surface area contributed by atoms with E-state index in [1.54, 1.807) is 56.5 Å². The fraction of sp³-hybridized carbons (Fsp3) is 0.464. The largest absolute Gasteiger partial charge is 0.497 e. The molecule has 3 aliphatic heterocycles. The fourth-order valence-corrected chi connectivity index (χ4v) is 14.8. The number of unbranched alkanes of at least 4 members (excludes halogenated alkanes) is 1. The molecule has 1 unspecified atom stereocenters. The van der Waals surface area contributed by atoms with Crippen molar-refractivity contribution in [3.05, 3.63) is 242 Å². The summed E-state index contributed by atoms with van der Waals surface area (Å²) in [5, 5.41) is 0. The average molecular weight is 1720 g/mol. The number of methoxy groups -OCH3 is 6. The highest BCUT2D eigenvalue weighted by Crippen LogP contribution is 2.42. The third-order valence-corrected chi connectivity index (χ3v) is 21.1. The van der Waals surface area contributed by atoms with Gasteiger partial charge in [0.25, 0.3) is 0 Å². The monoisotopic (exact) mass is 1720 g/mol. The molecule has 7 aromatic rings. The Kier molecular flexibility index (Phi) is 45.4. The Morgan fingerprint density at radius 2 is 0.957 bits per heavy atom. The predicted octanol–water partition coefficient (Wildman–Crippen LogP) is 20.3. The number of likely N-dealkylation sites (tertiary alicyclic amines) is 1. The van der Waals surface area contributed by atoms with Gasteiger partial charge >= 0.3 is 5.97 Å². The van der Waals surface area contributed by atoms with Crippen molar-refractivity contribution in [2.75, 3.05) is 109 Å². The van der Waals surface area contributed by atoms with E-state index in [2.05, 4.69) is 126 Å². The molecule has 0 amide bonds. The first-order valence-corrected chi connectivity index (χ1v) is 42.4. The van der Waals surface area contributed by atoms with Crippen LogP contribution in [0.4, 0.5) is 0 Å². The maximum atomic E-state index is 13.3. The summed E-state index contributed by atoms with van der Waals surface area (Å²) >= 11 is 2.26. The number of carbonyl (C=O) groups is 4. The van der Waals surface area contributed by atoms with Gasteiger partial charge in [0.15, 0.2) is 5.78 Å². The SMILES string of the molecule is CCCC(=O)C1=C(C)N(Cc2ccc(OC)cc2)C=CC1c1cccc(OCCOC)c1.CCCC(=O)[C@@H]1[C@H](C)OCC[C@@H]1c1cccc(OCCOC)c1.CCCCOc1cccc([C@H]2CCN(Cc3ccc(OC)cc3)[C@@H](C)[C@H]2C(=O)CCC)c1.CCOC(=O)/C=C(/C)OCc1ccc(OC)cc1.COCCOc1cccc(I)c1. The Morgan fingerprint density at radius 3 is 1.44 bits per heavy atom. The number of ketones is 3. The summed E-state index contributed by atoms with van der Waals surface area (Å²) in [4.78, 5) is 54.8. The molecule has 0 saturated carbocycles. The molecule has 7 atom stereocenters. The standard InChI is InChI=1S/C28H39NO3.C27H33NO4.C19H28O4.C14H18O4.C9H11IO2/c1-5-7-18-32-25-11-8-10-23(19-25)26-16-17-29(21(3)28(26)27(30)9-6-2)20-22-12-14-24(31-4)15-13-22;1-5-7-26(29)27-20(2)28(19-21-10-12-23(31-4)13-11-21)15-14-25(27)22-8-6-9-24(18-22)32-17-16-30-3;1-4-6-18(20)19-14(2)22-10-9-17(19)15-7-5-8-16(13-15)23-12-11-21-3;1-4-17-14(15)9-11(2)18-10-12-5-7-13(16-3)8-6-12;1-11-5-6-12-9-4-2-3-8(10)7-9/h8,10-15,19,21,26,28H,5-7,9,16-18,20H2,1-4H3;6,8-15,18,25H,5,7,16-17,19H2,1-4H3;5,7-8,13-14,17,19H,4,6,9-12H2,1-3H3;5-9H,4,10H2,1-3H3;2-4,7H,5-6H2,1H3/b;;;11-9-;/t21-,26+,28+;;14-,17+,19+;;/m0.0../s1. The van der Waals surface area contributed by atoms with Gasteiger partial charge in [-0.25, -0.2) is 4.79 Å². The summed E-state index contributed by atoms with van der Waals surface area (Å²) in [7, 11) is 9.96. The molecule has 3 heterocycles. The lowest BCUT2D eigenvalue weighted by Gasteiger charge is -2.44. The lowest BCUT2D eigenvalue weighted by atomic mass is 9.73. The number of hydrogen-bond acceptors (Lipinski definition) is 19. The number of halogens is 1. The number of carbonyl (C=O) groups excluding carboxylic acids is 4. The molecule has 2 saturated heterocycles. The van der Waals surface area contributed by atoms with Gasteiger partial charge in [-0.15, -0.1) is 0 Å². The maximum absolute atomic E-state index is 13.3. The molecule has 0 aromatic heterocycles. The maximum Gasteiger partial charge on any atom is 0.334 e. The summed E-state index contributed by atoms with van der Waals surface area (Å²) < 4.78 is 70.6. The second kappa shape index (κ2) is 54.9. The van der Waals surface area contributed by atoms with E-state index in [0.717, 1.165) is 133 Å². The number of piperidine rings is 1. The van der Waals surface area contributed by atoms with Crippen LogP contribution in [-0.2, 0) is 67.3 Å². The molecule has 20 heteroatoms. The van der Waals surface area contributed by atoms with Gasteiger partial charge in [0, 0.05) is 99.2 Å². The Hall–Kier alpha value is -9.03. The van der Waals surface area contributed by atoms with Crippen molar-refractivity contribution in [1.82, 2.24) is 9.80 Å². The van der Waals surface area contributed by atoms with Crippen LogP contribution in [0.1, 0.15) is 178 Å². The van der Waals surface area contributed by atoms with Crippen LogP contribution in [0.3, 0.4) is 0 Å². The molecule has 7 aromatic carbocycles. The van der Waals surface area contributed by atoms with Crippen LogP contribution in [0.25, 0.3) is 0 Å². The Bertz CT molecular complexity index is 4130. The van der Waals surface area contributed by atoms with E-state index >= 15 is 0 Å². The molecular formula is C97H129IN2O17. The van der Waals surface area contributed by atoms with Gasteiger partial charge in [0.1, 0.15) is 84.0 Å². The van der Waals surface area contributed by atoms with Gasteiger partial charge in [-0.2, -0.15) is 0 Å². The minimum absolute atomic E-state index is 0.00726. The van der Waals surface area contributed by atoms with E-state index in [4.69, 9.17) is 61.6 Å².